The molecule has 0 aromatic heterocycles. The third kappa shape index (κ3) is 5.16. The van der Waals surface area contributed by atoms with Crippen LogP contribution in [-0.4, -0.2) is 18.6 Å². The van der Waals surface area contributed by atoms with Crippen LogP contribution < -0.4 is 10.2 Å². The van der Waals surface area contributed by atoms with Gasteiger partial charge in [0.25, 0.3) is 0 Å². The molecule has 1 aromatic carbocycles. The first-order chi connectivity index (χ1) is 9.31. The van der Waals surface area contributed by atoms with Gasteiger partial charge >= 0.3 is 0 Å². The predicted molar refractivity (Wildman–Crippen MR) is 90.5 cm³/mol. The second kappa shape index (κ2) is 7.68. The smallest absolute Gasteiger partial charge is 0.0414 e. The van der Waals surface area contributed by atoms with Crippen LogP contribution in [0, 0.1) is 12.8 Å². The summed E-state index contributed by atoms with van der Waals surface area (Å²) in [6.07, 6.45) is 0. The molecule has 0 saturated heterocycles. The SMILES string of the molecule is Cc1ccc(N(CC(C)C)C(C)C)c(CNC(C)C)c1. The lowest BCUT2D eigenvalue weighted by molar-refractivity contribution is 0.560. The molecule has 0 saturated carbocycles. The maximum atomic E-state index is 3.55. The van der Waals surface area contributed by atoms with Gasteiger partial charge in [-0.05, 0) is 38.3 Å². The largest absolute Gasteiger partial charge is 0.369 e. The second-order valence-electron chi connectivity index (χ2n) is 6.81. The molecule has 0 unspecified atom stereocenters. The van der Waals surface area contributed by atoms with Gasteiger partial charge in [0, 0.05) is 30.9 Å². The Kier molecular flexibility index (Phi) is 6.54. The average molecular weight is 276 g/mol. The number of hydrogen-bond acceptors (Lipinski definition) is 2. The van der Waals surface area contributed by atoms with Crippen molar-refractivity contribution in [2.24, 2.45) is 5.92 Å². The maximum absolute atomic E-state index is 3.55. The number of hydrogen-bond donors (Lipinski definition) is 1. The van der Waals surface area contributed by atoms with Crippen molar-refractivity contribution in [3.05, 3.63) is 29.3 Å². The van der Waals surface area contributed by atoms with Crippen molar-refractivity contribution in [2.75, 3.05) is 11.4 Å². The fourth-order valence-corrected chi connectivity index (χ4v) is 2.43. The molecule has 2 nitrogen and oxygen atoms in total. The minimum atomic E-state index is 0.515. The van der Waals surface area contributed by atoms with Gasteiger partial charge in [-0.25, -0.2) is 0 Å². The molecular formula is C18H32N2. The molecular weight excluding hydrogens is 244 g/mol. The molecule has 0 amide bonds. The summed E-state index contributed by atoms with van der Waals surface area (Å²) in [5, 5.41) is 3.55. The van der Waals surface area contributed by atoms with Gasteiger partial charge in [-0.1, -0.05) is 45.4 Å². The number of nitrogens with zero attached hydrogens (tertiary/aromatic N) is 1. The van der Waals surface area contributed by atoms with E-state index < -0.39 is 0 Å². The van der Waals surface area contributed by atoms with Crippen molar-refractivity contribution in [1.82, 2.24) is 5.32 Å². The predicted octanol–water partition coefficient (Wildman–Crippen LogP) is 4.36. The lowest BCUT2D eigenvalue weighted by Gasteiger charge is -2.33. The lowest BCUT2D eigenvalue weighted by Crippen LogP contribution is -2.35. The molecule has 1 N–H and O–H groups in total. The molecule has 0 aliphatic heterocycles. The van der Waals surface area contributed by atoms with Gasteiger partial charge in [-0.2, -0.15) is 0 Å². The van der Waals surface area contributed by atoms with Crippen LogP contribution in [0.25, 0.3) is 0 Å². The summed E-state index contributed by atoms with van der Waals surface area (Å²) in [7, 11) is 0. The van der Waals surface area contributed by atoms with Crippen LogP contribution >= 0.6 is 0 Å². The van der Waals surface area contributed by atoms with E-state index in [4.69, 9.17) is 0 Å². The van der Waals surface area contributed by atoms with Crippen LogP contribution in [0.5, 0.6) is 0 Å². The van der Waals surface area contributed by atoms with Gasteiger partial charge in [0.2, 0.25) is 0 Å². The quantitative estimate of drug-likeness (QED) is 0.796. The number of benzene rings is 1. The average Bonchev–Trinajstić information content (AvgIpc) is 2.33. The minimum Gasteiger partial charge on any atom is -0.369 e. The molecule has 0 atom stereocenters. The minimum absolute atomic E-state index is 0.515. The summed E-state index contributed by atoms with van der Waals surface area (Å²) in [5.74, 6) is 0.671. The fraction of sp³-hybridized carbons (Fsp3) is 0.667. The van der Waals surface area contributed by atoms with E-state index >= 15 is 0 Å². The Balaban J connectivity index is 3.06. The van der Waals surface area contributed by atoms with Gasteiger partial charge in [0.1, 0.15) is 0 Å². The van der Waals surface area contributed by atoms with Gasteiger partial charge in [0.05, 0.1) is 0 Å². The highest BCUT2D eigenvalue weighted by Gasteiger charge is 2.16. The molecule has 0 spiro atoms. The van der Waals surface area contributed by atoms with Crippen LogP contribution in [-0.2, 0) is 6.54 Å². The van der Waals surface area contributed by atoms with Crippen molar-refractivity contribution in [3.63, 3.8) is 0 Å². The molecule has 1 rings (SSSR count). The molecule has 0 bridgehead atoms. The van der Waals surface area contributed by atoms with Crippen molar-refractivity contribution < 1.29 is 0 Å². The van der Waals surface area contributed by atoms with Crippen LogP contribution in [0.2, 0.25) is 0 Å². The van der Waals surface area contributed by atoms with Crippen molar-refractivity contribution in [3.8, 4) is 0 Å². The van der Waals surface area contributed by atoms with E-state index in [1.807, 2.05) is 0 Å². The Bertz CT molecular complexity index is 408. The third-order valence-corrected chi connectivity index (χ3v) is 3.43. The zero-order valence-corrected chi connectivity index (χ0v) is 14.3. The summed E-state index contributed by atoms with van der Waals surface area (Å²) in [6.45, 7) is 17.7. The van der Waals surface area contributed by atoms with E-state index in [-0.39, 0.29) is 0 Å². The standard InChI is InChI=1S/C18H32N2/c1-13(2)12-20(15(5)6)18-9-8-16(7)10-17(18)11-19-14(3)4/h8-10,13-15,19H,11-12H2,1-7H3. The van der Waals surface area contributed by atoms with Crippen molar-refractivity contribution in [1.29, 1.82) is 0 Å². The van der Waals surface area contributed by atoms with Gasteiger partial charge < -0.3 is 10.2 Å². The number of nitrogens with one attached hydrogen (secondary N) is 1. The Morgan fingerprint density at radius 2 is 1.70 bits per heavy atom. The molecule has 1 aromatic rings. The monoisotopic (exact) mass is 276 g/mol. The number of rotatable bonds is 7. The van der Waals surface area contributed by atoms with E-state index in [0.717, 1.165) is 13.1 Å². The number of aryl methyl sites for hydroxylation is 1. The summed E-state index contributed by atoms with van der Waals surface area (Å²) in [4.78, 5) is 2.53. The summed E-state index contributed by atoms with van der Waals surface area (Å²) < 4.78 is 0. The lowest BCUT2D eigenvalue weighted by atomic mass is 10.0. The Morgan fingerprint density at radius 3 is 2.20 bits per heavy atom. The first kappa shape index (κ1) is 17.0. The van der Waals surface area contributed by atoms with E-state index in [0.29, 0.717) is 18.0 Å². The maximum Gasteiger partial charge on any atom is 0.0414 e. The Hall–Kier alpha value is -1.02. The highest BCUT2D eigenvalue weighted by molar-refractivity contribution is 5.55. The summed E-state index contributed by atoms with van der Waals surface area (Å²) in [5.41, 5.74) is 4.13. The zero-order chi connectivity index (χ0) is 15.3. The van der Waals surface area contributed by atoms with E-state index in [1.54, 1.807) is 0 Å². The molecule has 0 fully saturated rings. The Labute approximate surface area is 125 Å². The van der Waals surface area contributed by atoms with Gasteiger partial charge in [-0.15, -0.1) is 0 Å². The van der Waals surface area contributed by atoms with E-state index in [2.05, 4.69) is 76.9 Å². The first-order valence-corrected chi connectivity index (χ1v) is 7.90. The number of anilines is 1. The van der Waals surface area contributed by atoms with Gasteiger partial charge in [0.15, 0.2) is 0 Å². The van der Waals surface area contributed by atoms with E-state index in [9.17, 15) is 0 Å². The first-order valence-electron chi connectivity index (χ1n) is 7.90. The normalized spacial score (nSPS) is 11.7. The van der Waals surface area contributed by atoms with Crippen molar-refractivity contribution in [2.45, 2.75) is 67.1 Å². The van der Waals surface area contributed by atoms with E-state index in [1.165, 1.54) is 16.8 Å². The molecule has 114 valence electrons. The van der Waals surface area contributed by atoms with Crippen LogP contribution in [0.4, 0.5) is 5.69 Å². The van der Waals surface area contributed by atoms with Crippen LogP contribution in [0.15, 0.2) is 18.2 Å². The molecule has 20 heavy (non-hydrogen) atoms. The third-order valence-electron chi connectivity index (χ3n) is 3.43. The van der Waals surface area contributed by atoms with Crippen LogP contribution in [0.3, 0.4) is 0 Å². The second-order valence-corrected chi connectivity index (χ2v) is 6.81. The highest BCUT2D eigenvalue weighted by atomic mass is 15.2. The zero-order valence-electron chi connectivity index (χ0n) is 14.3. The molecule has 0 aliphatic rings. The van der Waals surface area contributed by atoms with Crippen LogP contribution in [0.1, 0.15) is 52.7 Å². The molecule has 0 radical (unpaired) electrons. The molecule has 2 heteroatoms. The van der Waals surface area contributed by atoms with Gasteiger partial charge in [-0.3, -0.25) is 0 Å². The highest BCUT2D eigenvalue weighted by Crippen LogP contribution is 2.25. The summed E-state index contributed by atoms with van der Waals surface area (Å²) >= 11 is 0. The molecule has 0 aliphatic carbocycles. The fourth-order valence-electron chi connectivity index (χ4n) is 2.43. The van der Waals surface area contributed by atoms with Crippen molar-refractivity contribution >= 4 is 5.69 Å². The molecule has 0 heterocycles. The topological polar surface area (TPSA) is 15.3 Å². The summed E-state index contributed by atoms with van der Waals surface area (Å²) in [6, 6.07) is 7.87. The Morgan fingerprint density at radius 1 is 1.05 bits per heavy atom.